The Bertz CT molecular complexity index is 1170. The molecular formula is C25H27ClN6O. The predicted octanol–water partition coefficient (Wildman–Crippen LogP) is 4.13. The van der Waals surface area contributed by atoms with E-state index in [1.54, 1.807) is 0 Å². The summed E-state index contributed by atoms with van der Waals surface area (Å²) in [6.45, 7) is 5.54. The van der Waals surface area contributed by atoms with Crippen LogP contribution in [-0.2, 0) is 4.79 Å². The Balaban J connectivity index is 1.62. The van der Waals surface area contributed by atoms with Crippen molar-refractivity contribution in [2.75, 3.05) is 42.5 Å². The number of anilines is 2. The van der Waals surface area contributed by atoms with Crippen LogP contribution in [0.3, 0.4) is 0 Å². The van der Waals surface area contributed by atoms with Gasteiger partial charge >= 0.3 is 0 Å². The molecule has 1 aliphatic rings. The van der Waals surface area contributed by atoms with Gasteiger partial charge in [0.2, 0.25) is 5.91 Å². The van der Waals surface area contributed by atoms with Crippen molar-refractivity contribution in [2.24, 2.45) is 0 Å². The first-order chi connectivity index (χ1) is 16.1. The first-order valence-corrected chi connectivity index (χ1v) is 11.7. The molecule has 0 bridgehead atoms. The summed E-state index contributed by atoms with van der Waals surface area (Å²) in [5.41, 5.74) is 2.92. The van der Waals surface area contributed by atoms with E-state index in [2.05, 4.69) is 34.2 Å². The SMILES string of the molecule is CCCCNC(=O)C(C#N)c1nc2ccccc2nc1N1CCN(c2cccc(Cl)c2)CC1. The lowest BCUT2D eigenvalue weighted by Crippen LogP contribution is -2.47. The number of fused-ring (bicyclic) bond motifs is 1. The monoisotopic (exact) mass is 462 g/mol. The summed E-state index contributed by atoms with van der Waals surface area (Å²) in [5.74, 6) is -0.731. The Labute approximate surface area is 199 Å². The average Bonchev–Trinajstić information content (AvgIpc) is 2.84. The molecule has 3 aromatic rings. The lowest BCUT2D eigenvalue weighted by Gasteiger charge is -2.37. The van der Waals surface area contributed by atoms with Crippen LogP contribution in [0.1, 0.15) is 31.4 Å². The van der Waals surface area contributed by atoms with Crippen molar-refractivity contribution in [2.45, 2.75) is 25.7 Å². The van der Waals surface area contributed by atoms with Gasteiger partial charge in [-0.05, 0) is 36.8 Å². The zero-order valence-corrected chi connectivity index (χ0v) is 19.4. The van der Waals surface area contributed by atoms with Crippen molar-refractivity contribution in [3.8, 4) is 6.07 Å². The number of unbranched alkanes of at least 4 members (excludes halogenated alkanes) is 1. The van der Waals surface area contributed by atoms with E-state index in [0.717, 1.165) is 37.1 Å². The number of hydrogen-bond acceptors (Lipinski definition) is 6. The molecule has 2 aromatic carbocycles. The number of benzene rings is 2. The van der Waals surface area contributed by atoms with Crippen molar-refractivity contribution < 1.29 is 4.79 Å². The summed E-state index contributed by atoms with van der Waals surface area (Å²) in [6, 6.07) is 17.6. The van der Waals surface area contributed by atoms with Gasteiger partial charge < -0.3 is 15.1 Å². The van der Waals surface area contributed by atoms with Gasteiger partial charge in [0.1, 0.15) is 5.69 Å². The average molecular weight is 463 g/mol. The van der Waals surface area contributed by atoms with Gasteiger partial charge in [0, 0.05) is 43.4 Å². The van der Waals surface area contributed by atoms with E-state index < -0.39 is 5.92 Å². The van der Waals surface area contributed by atoms with Crippen LogP contribution in [0.5, 0.6) is 0 Å². The van der Waals surface area contributed by atoms with Crippen molar-refractivity contribution in [3.05, 3.63) is 59.2 Å². The van der Waals surface area contributed by atoms with Gasteiger partial charge in [-0.2, -0.15) is 5.26 Å². The number of hydrogen-bond donors (Lipinski definition) is 1. The van der Waals surface area contributed by atoms with E-state index in [1.807, 2.05) is 42.5 Å². The number of amides is 1. The largest absolute Gasteiger partial charge is 0.368 e. The highest BCUT2D eigenvalue weighted by Gasteiger charge is 2.30. The van der Waals surface area contributed by atoms with Crippen LogP contribution in [0.15, 0.2) is 48.5 Å². The molecule has 0 spiro atoms. The number of carbonyl (C=O) groups is 1. The van der Waals surface area contributed by atoms with Crippen molar-refractivity contribution in [1.82, 2.24) is 15.3 Å². The number of aromatic nitrogens is 2. The standard InChI is InChI=1S/C25H27ClN6O/c1-2-3-11-28-25(33)20(17-27)23-24(30-22-10-5-4-9-21(22)29-23)32-14-12-31(13-15-32)19-8-6-7-18(26)16-19/h4-10,16,20H,2-3,11-15H2,1H3,(H,28,33). The highest BCUT2D eigenvalue weighted by molar-refractivity contribution is 6.30. The normalized spacial score (nSPS) is 14.7. The first-order valence-electron chi connectivity index (χ1n) is 11.3. The van der Waals surface area contributed by atoms with Crippen LogP contribution in [0.2, 0.25) is 5.02 Å². The van der Waals surface area contributed by atoms with Crippen molar-refractivity contribution >= 4 is 40.0 Å². The van der Waals surface area contributed by atoms with Gasteiger partial charge in [0.25, 0.3) is 0 Å². The maximum Gasteiger partial charge on any atom is 0.243 e. The molecule has 0 aliphatic carbocycles. The van der Waals surface area contributed by atoms with E-state index >= 15 is 0 Å². The second kappa shape index (κ2) is 10.5. The van der Waals surface area contributed by atoms with Gasteiger partial charge in [-0.1, -0.05) is 43.1 Å². The summed E-state index contributed by atoms with van der Waals surface area (Å²) in [7, 11) is 0. The van der Waals surface area contributed by atoms with Crippen molar-refractivity contribution in [3.63, 3.8) is 0 Å². The topological polar surface area (TPSA) is 85.1 Å². The first kappa shape index (κ1) is 22.8. The van der Waals surface area contributed by atoms with Crippen LogP contribution < -0.4 is 15.1 Å². The Morgan fingerprint density at radius 1 is 1.09 bits per heavy atom. The molecule has 1 aliphatic heterocycles. The van der Waals surface area contributed by atoms with Gasteiger partial charge in [-0.15, -0.1) is 0 Å². The molecule has 1 aromatic heterocycles. The fourth-order valence-corrected chi connectivity index (χ4v) is 4.20. The lowest BCUT2D eigenvalue weighted by molar-refractivity contribution is -0.121. The maximum absolute atomic E-state index is 12.8. The van der Waals surface area contributed by atoms with Gasteiger partial charge in [0.05, 0.1) is 17.1 Å². The van der Waals surface area contributed by atoms with Gasteiger partial charge in [-0.3, -0.25) is 4.79 Å². The molecule has 0 saturated carbocycles. The number of carbonyl (C=O) groups excluding carboxylic acids is 1. The van der Waals surface area contributed by atoms with Crippen LogP contribution in [0.4, 0.5) is 11.5 Å². The minimum atomic E-state index is -1.01. The highest BCUT2D eigenvalue weighted by Crippen LogP contribution is 2.29. The second-order valence-corrected chi connectivity index (χ2v) is 8.52. The number of nitriles is 1. The number of para-hydroxylation sites is 2. The Morgan fingerprint density at radius 2 is 1.79 bits per heavy atom. The van der Waals surface area contributed by atoms with Crippen LogP contribution in [0.25, 0.3) is 11.0 Å². The van der Waals surface area contributed by atoms with E-state index in [-0.39, 0.29) is 5.91 Å². The van der Waals surface area contributed by atoms with Crippen LogP contribution in [-0.4, -0.2) is 48.6 Å². The summed E-state index contributed by atoms with van der Waals surface area (Å²) < 4.78 is 0. The molecular weight excluding hydrogens is 436 g/mol. The third-order valence-electron chi connectivity index (χ3n) is 5.82. The number of piperazine rings is 1. The molecule has 33 heavy (non-hydrogen) atoms. The van der Waals surface area contributed by atoms with Gasteiger partial charge in [0.15, 0.2) is 11.7 Å². The second-order valence-electron chi connectivity index (χ2n) is 8.08. The van der Waals surface area contributed by atoms with E-state index in [1.165, 1.54) is 0 Å². The van der Waals surface area contributed by atoms with Crippen LogP contribution in [0, 0.1) is 11.3 Å². The molecule has 1 atom stereocenters. The molecule has 7 nitrogen and oxygen atoms in total. The lowest BCUT2D eigenvalue weighted by atomic mass is 10.0. The summed E-state index contributed by atoms with van der Waals surface area (Å²) in [5, 5.41) is 13.5. The molecule has 4 rings (SSSR count). The summed E-state index contributed by atoms with van der Waals surface area (Å²) in [6.07, 6.45) is 1.83. The van der Waals surface area contributed by atoms with Crippen LogP contribution >= 0.6 is 11.6 Å². The Hall–Kier alpha value is -3.37. The molecule has 1 saturated heterocycles. The molecule has 1 unspecified atom stereocenters. The fraction of sp³-hybridized carbons (Fsp3) is 0.360. The molecule has 170 valence electrons. The number of halogens is 1. The molecule has 2 heterocycles. The zero-order chi connectivity index (χ0) is 23.2. The number of nitrogens with one attached hydrogen (secondary N) is 1. The summed E-state index contributed by atoms with van der Waals surface area (Å²) >= 11 is 6.17. The van der Waals surface area contributed by atoms with E-state index in [9.17, 15) is 10.1 Å². The molecule has 1 N–H and O–H groups in total. The predicted molar refractivity (Wildman–Crippen MR) is 132 cm³/mol. The Kier molecular flexibility index (Phi) is 7.26. The minimum absolute atomic E-state index is 0.325. The van der Waals surface area contributed by atoms with Gasteiger partial charge in [-0.25, -0.2) is 9.97 Å². The Morgan fingerprint density at radius 3 is 2.45 bits per heavy atom. The maximum atomic E-state index is 12.8. The molecule has 1 fully saturated rings. The quantitative estimate of drug-likeness (QED) is 0.531. The zero-order valence-electron chi connectivity index (χ0n) is 18.7. The third kappa shape index (κ3) is 5.18. The fourth-order valence-electron chi connectivity index (χ4n) is 4.01. The smallest absolute Gasteiger partial charge is 0.243 e. The third-order valence-corrected chi connectivity index (χ3v) is 6.06. The van der Waals surface area contributed by atoms with E-state index in [0.29, 0.717) is 41.7 Å². The molecule has 8 heteroatoms. The van der Waals surface area contributed by atoms with E-state index in [4.69, 9.17) is 21.6 Å². The summed E-state index contributed by atoms with van der Waals surface area (Å²) in [4.78, 5) is 26.8. The number of nitrogens with zero attached hydrogens (tertiary/aromatic N) is 5. The minimum Gasteiger partial charge on any atom is -0.368 e. The van der Waals surface area contributed by atoms with Crippen molar-refractivity contribution in [1.29, 1.82) is 5.26 Å². The highest BCUT2D eigenvalue weighted by atomic mass is 35.5. The molecule has 1 amide bonds. The number of rotatable bonds is 7. The molecule has 0 radical (unpaired) electrons.